The van der Waals surface area contributed by atoms with Gasteiger partial charge in [0.15, 0.2) is 0 Å². The van der Waals surface area contributed by atoms with Crippen molar-refractivity contribution in [2.24, 2.45) is 5.73 Å². The third-order valence-corrected chi connectivity index (χ3v) is 0.679. The lowest BCUT2D eigenvalue weighted by atomic mass is 10.4. The van der Waals surface area contributed by atoms with E-state index in [1.807, 2.05) is 20.0 Å². The molecule has 0 aromatic rings. The van der Waals surface area contributed by atoms with Crippen LogP contribution < -0.4 is 11.1 Å². The quantitative estimate of drug-likeness (QED) is 0.523. The molecule has 0 atom stereocenters. The van der Waals surface area contributed by atoms with Gasteiger partial charge in [-0.3, -0.25) is 0 Å². The fourth-order valence-corrected chi connectivity index (χ4v) is 0.360. The smallest absolute Gasteiger partial charge is 0.0264 e. The molecule has 0 spiro atoms. The van der Waals surface area contributed by atoms with E-state index in [-0.39, 0.29) is 0 Å². The topological polar surface area (TPSA) is 38.0 Å². The number of nitrogens with two attached hydrogens (primary N) is 1. The highest BCUT2D eigenvalue weighted by molar-refractivity contribution is 4.90. The van der Waals surface area contributed by atoms with Crippen LogP contribution in [0.1, 0.15) is 13.8 Å². The fourth-order valence-electron chi connectivity index (χ4n) is 0.360. The number of hydrogen-bond donors (Lipinski definition) is 2. The second kappa shape index (κ2) is 4.65. The summed E-state index contributed by atoms with van der Waals surface area (Å²) in [4.78, 5) is 0. The Bertz CT molecular complexity index is 72.6. The van der Waals surface area contributed by atoms with Crippen molar-refractivity contribution in [2.75, 3.05) is 13.1 Å². The van der Waals surface area contributed by atoms with Crippen LogP contribution in [0.15, 0.2) is 11.8 Å². The molecule has 0 fully saturated rings. The van der Waals surface area contributed by atoms with Gasteiger partial charge in [0.1, 0.15) is 0 Å². The maximum absolute atomic E-state index is 5.22. The van der Waals surface area contributed by atoms with Gasteiger partial charge >= 0.3 is 0 Å². The van der Waals surface area contributed by atoms with E-state index in [4.69, 9.17) is 5.73 Å². The molecule has 48 valence electrons. The van der Waals surface area contributed by atoms with E-state index in [2.05, 4.69) is 5.32 Å². The highest BCUT2D eigenvalue weighted by Crippen LogP contribution is 1.81. The van der Waals surface area contributed by atoms with Gasteiger partial charge in [0.05, 0.1) is 0 Å². The maximum Gasteiger partial charge on any atom is 0.0264 e. The first-order valence-corrected chi connectivity index (χ1v) is 2.84. The van der Waals surface area contributed by atoms with Gasteiger partial charge in [0, 0.05) is 13.1 Å². The Kier molecular flexibility index (Phi) is 4.36. The third-order valence-electron chi connectivity index (χ3n) is 0.679. The molecule has 0 amide bonds. The highest BCUT2D eigenvalue weighted by Gasteiger charge is 1.74. The summed E-state index contributed by atoms with van der Waals surface area (Å²) in [6.45, 7) is 5.65. The predicted octanol–water partition coefficient (Wildman–Crippen LogP) is 0.458. The Morgan fingerprint density at radius 2 is 2.25 bits per heavy atom. The van der Waals surface area contributed by atoms with Gasteiger partial charge < -0.3 is 11.1 Å². The highest BCUT2D eigenvalue weighted by atomic mass is 14.8. The second-order valence-electron chi connectivity index (χ2n) is 1.96. The molecule has 3 N–H and O–H groups in total. The summed E-state index contributed by atoms with van der Waals surface area (Å²) >= 11 is 0. The van der Waals surface area contributed by atoms with E-state index in [0.717, 1.165) is 6.54 Å². The largest absolute Gasteiger partial charge is 0.390 e. The van der Waals surface area contributed by atoms with Gasteiger partial charge in [-0.15, -0.1) is 0 Å². The molecule has 0 unspecified atom stereocenters. The van der Waals surface area contributed by atoms with Crippen LogP contribution in [-0.4, -0.2) is 13.1 Å². The molecule has 0 aliphatic heterocycles. The summed E-state index contributed by atoms with van der Waals surface area (Å²) < 4.78 is 0. The van der Waals surface area contributed by atoms with Crippen molar-refractivity contribution in [3.8, 4) is 0 Å². The third kappa shape index (κ3) is 5.50. The van der Waals surface area contributed by atoms with E-state index >= 15 is 0 Å². The van der Waals surface area contributed by atoms with Crippen LogP contribution in [0.4, 0.5) is 0 Å². The zero-order valence-electron chi connectivity index (χ0n) is 5.57. The van der Waals surface area contributed by atoms with Crippen LogP contribution in [0, 0.1) is 0 Å². The van der Waals surface area contributed by atoms with Gasteiger partial charge in [-0.25, -0.2) is 0 Å². The van der Waals surface area contributed by atoms with Crippen molar-refractivity contribution in [2.45, 2.75) is 13.8 Å². The predicted molar refractivity (Wildman–Crippen MR) is 36.5 cm³/mol. The van der Waals surface area contributed by atoms with E-state index in [1.165, 1.54) is 5.57 Å². The van der Waals surface area contributed by atoms with Gasteiger partial charge in [-0.2, -0.15) is 0 Å². The van der Waals surface area contributed by atoms with E-state index in [1.54, 1.807) is 0 Å². The minimum Gasteiger partial charge on any atom is -0.390 e. The van der Waals surface area contributed by atoms with Crippen LogP contribution in [0.25, 0.3) is 0 Å². The Balaban J connectivity index is 3.03. The molecular weight excluding hydrogens is 100 g/mol. The molecule has 0 heterocycles. The first-order chi connectivity index (χ1) is 3.77. The molecule has 0 aliphatic rings. The number of allylic oxidation sites excluding steroid dienone is 1. The molecule has 0 saturated heterocycles. The molecular formula is C6H14N2. The van der Waals surface area contributed by atoms with Gasteiger partial charge in [-0.05, 0) is 20.0 Å². The standard InChI is InChI=1S/C6H14N2/c1-6(2)5-8-4-3-7/h5,8H,3-4,7H2,1-2H3. The minimum atomic E-state index is 0.698. The molecule has 2 heteroatoms. The Morgan fingerprint density at radius 1 is 1.62 bits per heavy atom. The minimum absolute atomic E-state index is 0.698. The van der Waals surface area contributed by atoms with Gasteiger partial charge in [-0.1, -0.05) is 5.57 Å². The Morgan fingerprint density at radius 3 is 2.62 bits per heavy atom. The van der Waals surface area contributed by atoms with E-state index < -0.39 is 0 Å². The summed E-state index contributed by atoms with van der Waals surface area (Å²) in [6.07, 6.45) is 1.97. The van der Waals surface area contributed by atoms with E-state index in [0.29, 0.717) is 6.54 Å². The normalized spacial score (nSPS) is 8.38. The van der Waals surface area contributed by atoms with Gasteiger partial charge in [0.25, 0.3) is 0 Å². The molecule has 0 aromatic heterocycles. The van der Waals surface area contributed by atoms with Crippen LogP contribution in [0.2, 0.25) is 0 Å². The molecule has 0 aliphatic carbocycles. The Hall–Kier alpha value is -0.500. The average molecular weight is 114 g/mol. The second-order valence-corrected chi connectivity index (χ2v) is 1.96. The molecule has 0 saturated carbocycles. The lowest BCUT2D eigenvalue weighted by Crippen LogP contribution is -2.17. The maximum atomic E-state index is 5.22. The molecule has 0 radical (unpaired) electrons. The Labute approximate surface area is 50.8 Å². The van der Waals surface area contributed by atoms with Crippen LogP contribution in [0.5, 0.6) is 0 Å². The summed E-state index contributed by atoms with van der Waals surface area (Å²) in [6, 6.07) is 0. The van der Waals surface area contributed by atoms with Crippen LogP contribution >= 0.6 is 0 Å². The van der Waals surface area contributed by atoms with Crippen molar-refractivity contribution in [1.82, 2.24) is 5.32 Å². The molecule has 0 bridgehead atoms. The monoisotopic (exact) mass is 114 g/mol. The summed E-state index contributed by atoms with van der Waals surface area (Å²) in [7, 11) is 0. The van der Waals surface area contributed by atoms with Crippen molar-refractivity contribution >= 4 is 0 Å². The van der Waals surface area contributed by atoms with Crippen molar-refractivity contribution < 1.29 is 0 Å². The number of rotatable bonds is 3. The number of hydrogen-bond acceptors (Lipinski definition) is 2. The van der Waals surface area contributed by atoms with Crippen molar-refractivity contribution in [3.63, 3.8) is 0 Å². The fraction of sp³-hybridized carbons (Fsp3) is 0.667. The average Bonchev–Trinajstić information content (AvgIpc) is 1.66. The molecule has 8 heavy (non-hydrogen) atoms. The zero-order chi connectivity index (χ0) is 6.41. The zero-order valence-corrected chi connectivity index (χ0v) is 5.57. The lowest BCUT2D eigenvalue weighted by molar-refractivity contribution is 0.835. The molecule has 0 aromatic carbocycles. The van der Waals surface area contributed by atoms with E-state index in [9.17, 15) is 0 Å². The molecule has 0 rings (SSSR count). The van der Waals surface area contributed by atoms with Crippen LogP contribution in [-0.2, 0) is 0 Å². The first-order valence-electron chi connectivity index (χ1n) is 2.84. The SMILES string of the molecule is CC(C)=CNCCN. The van der Waals surface area contributed by atoms with Gasteiger partial charge in [0.2, 0.25) is 0 Å². The van der Waals surface area contributed by atoms with Crippen LogP contribution in [0.3, 0.4) is 0 Å². The summed E-state index contributed by atoms with van der Waals surface area (Å²) in [5.74, 6) is 0. The first kappa shape index (κ1) is 7.50. The summed E-state index contributed by atoms with van der Waals surface area (Å²) in [5.41, 5.74) is 6.50. The number of nitrogens with one attached hydrogen (secondary N) is 1. The van der Waals surface area contributed by atoms with Crippen molar-refractivity contribution in [3.05, 3.63) is 11.8 Å². The van der Waals surface area contributed by atoms with Crippen molar-refractivity contribution in [1.29, 1.82) is 0 Å². The molecule has 2 nitrogen and oxygen atoms in total. The summed E-state index contributed by atoms with van der Waals surface area (Å²) in [5, 5.41) is 3.05. The lowest BCUT2D eigenvalue weighted by Gasteiger charge is -1.95.